The molecule has 4 nitrogen and oxygen atoms in total. The van der Waals surface area contributed by atoms with Crippen molar-refractivity contribution in [2.75, 3.05) is 0 Å². The first-order valence-electron chi connectivity index (χ1n) is 10.3. The first kappa shape index (κ1) is 20.7. The van der Waals surface area contributed by atoms with Crippen LogP contribution in [0.15, 0.2) is 36.5 Å². The number of aromatic nitrogens is 2. The fourth-order valence-electron chi connectivity index (χ4n) is 5.23. The van der Waals surface area contributed by atoms with E-state index in [2.05, 4.69) is 5.10 Å². The molecule has 1 N–H and O–H groups in total. The van der Waals surface area contributed by atoms with Gasteiger partial charge in [-0.15, -0.1) is 0 Å². The number of halogens is 4. The molecule has 0 saturated heterocycles. The van der Waals surface area contributed by atoms with Crippen molar-refractivity contribution in [2.45, 2.75) is 43.4 Å². The number of fused-ring (bicyclic) bond motifs is 2. The van der Waals surface area contributed by atoms with Crippen LogP contribution < -0.4 is 0 Å². The van der Waals surface area contributed by atoms with Crippen LogP contribution in [0, 0.1) is 17.1 Å². The van der Waals surface area contributed by atoms with Crippen molar-refractivity contribution >= 4 is 0 Å². The molecule has 0 amide bonds. The summed E-state index contributed by atoms with van der Waals surface area (Å²) < 4.78 is 59.7. The van der Waals surface area contributed by atoms with E-state index in [0.29, 0.717) is 27.9 Å². The zero-order chi connectivity index (χ0) is 22.8. The molecule has 3 aromatic rings. The molecule has 0 saturated carbocycles. The van der Waals surface area contributed by atoms with E-state index in [-0.39, 0.29) is 29.5 Å². The molecule has 2 aliphatic carbocycles. The third kappa shape index (κ3) is 2.95. The highest BCUT2D eigenvalue weighted by atomic mass is 19.3. The van der Waals surface area contributed by atoms with Gasteiger partial charge in [-0.25, -0.2) is 17.6 Å². The van der Waals surface area contributed by atoms with Gasteiger partial charge in [-0.05, 0) is 58.9 Å². The van der Waals surface area contributed by atoms with Gasteiger partial charge in [-0.2, -0.15) is 10.4 Å². The summed E-state index contributed by atoms with van der Waals surface area (Å²) in [6.45, 7) is 0. The molecular formula is C24H19F4N3O. The summed E-state index contributed by atoms with van der Waals surface area (Å²) in [5.74, 6) is -4.63. The Bertz CT molecular complexity index is 1280. The SMILES string of the molecule is Cn1nccc1-c1ccc([C@H]2CC[C@H](F)c3cc(F)cc(C#N)c32)c2c1[C@H](O)C(F)(F)C2. The van der Waals surface area contributed by atoms with Crippen molar-refractivity contribution in [1.82, 2.24) is 9.78 Å². The van der Waals surface area contributed by atoms with Gasteiger partial charge in [0, 0.05) is 31.1 Å². The van der Waals surface area contributed by atoms with E-state index in [0.717, 1.165) is 12.1 Å². The van der Waals surface area contributed by atoms with Gasteiger partial charge in [-0.3, -0.25) is 4.68 Å². The largest absolute Gasteiger partial charge is 0.382 e. The van der Waals surface area contributed by atoms with Crippen molar-refractivity contribution in [3.63, 3.8) is 0 Å². The number of nitriles is 1. The quantitative estimate of drug-likeness (QED) is 0.552. The highest BCUT2D eigenvalue weighted by Crippen LogP contribution is 2.52. The summed E-state index contributed by atoms with van der Waals surface area (Å²) in [6, 6.07) is 9.11. The fraction of sp³-hybridized carbons (Fsp3) is 0.333. The summed E-state index contributed by atoms with van der Waals surface area (Å²) >= 11 is 0. The fourth-order valence-corrected chi connectivity index (χ4v) is 5.23. The Kier molecular flexibility index (Phi) is 4.64. The standard InChI is InChI=1S/C24H19F4N3O/c1-31-20(6-7-30-31)16-3-2-14(18-10-24(27,28)23(32)22(16)18)15-4-5-19(26)17-9-13(25)8-12(11-29)21(15)17/h2-3,6-9,15,19,23,32H,4-5,10H2,1H3/t15-,19+,23+/m1/s1. The normalized spacial score (nSPS) is 23.5. The first-order valence-corrected chi connectivity index (χ1v) is 10.3. The predicted molar refractivity (Wildman–Crippen MR) is 108 cm³/mol. The van der Waals surface area contributed by atoms with Crippen LogP contribution in [0.2, 0.25) is 0 Å². The number of aliphatic hydroxyl groups is 1. The Morgan fingerprint density at radius 3 is 2.62 bits per heavy atom. The number of aliphatic hydroxyl groups excluding tert-OH is 1. The second-order valence-corrected chi connectivity index (χ2v) is 8.44. The van der Waals surface area contributed by atoms with Gasteiger partial charge < -0.3 is 5.11 Å². The number of hydrogen-bond donors (Lipinski definition) is 1. The van der Waals surface area contributed by atoms with Gasteiger partial charge in [0.2, 0.25) is 0 Å². The molecule has 2 aliphatic rings. The van der Waals surface area contributed by atoms with E-state index in [9.17, 15) is 27.9 Å². The van der Waals surface area contributed by atoms with Gasteiger partial charge in [0.25, 0.3) is 5.92 Å². The summed E-state index contributed by atoms with van der Waals surface area (Å²) in [5, 5.41) is 24.2. The van der Waals surface area contributed by atoms with Gasteiger partial charge >= 0.3 is 0 Å². The monoisotopic (exact) mass is 441 g/mol. The molecule has 0 spiro atoms. The van der Waals surface area contributed by atoms with Crippen molar-refractivity contribution < 1.29 is 22.7 Å². The molecule has 0 aliphatic heterocycles. The summed E-state index contributed by atoms with van der Waals surface area (Å²) in [6.07, 6.45) is -2.18. The molecule has 0 unspecified atom stereocenters. The minimum atomic E-state index is -3.37. The molecule has 0 bridgehead atoms. The van der Waals surface area contributed by atoms with Gasteiger partial charge in [0.05, 0.1) is 17.3 Å². The molecule has 8 heteroatoms. The average molecular weight is 441 g/mol. The molecule has 2 aromatic carbocycles. The molecule has 3 atom stereocenters. The lowest BCUT2D eigenvalue weighted by Gasteiger charge is -2.31. The highest BCUT2D eigenvalue weighted by Gasteiger charge is 2.50. The van der Waals surface area contributed by atoms with E-state index in [1.54, 1.807) is 36.1 Å². The topological polar surface area (TPSA) is 61.8 Å². The number of benzene rings is 2. The summed E-state index contributed by atoms with van der Waals surface area (Å²) in [4.78, 5) is 0. The number of hydrogen-bond acceptors (Lipinski definition) is 3. The minimum absolute atomic E-state index is 0.00196. The van der Waals surface area contributed by atoms with Gasteiger partial charge in [0.1, 0.15) is 18.1 Å². The van der Waals surface area contributed by atoms with E-state index in [1.165, 1.54) is 0 Å². The van der Waals surface area contributed by atoms with Crippen molar-refractivity contribution in [1.29, 1.82) is 5.26 Å². The molecule has 1 aromatic heterocycles. The van der Waals surface area contributed by atoms with Crippen LogP contribution in [0.1, 0.15) is 64.4 Å². The van der Waals surface area contributed by atoms with E-state index in [1.807, 2.05) is 6.07 Å². The molecule has 32 heavy (non-hydrogen) atoms. The van der Waals surface area contributed by atoms with Crippen LogP contribution in [-0.4, -0.2) is 20.8 Å². The predicted octanol–water partition coefficient (Wildman–Crippen LogP) is 5.26. The molecule has 1 heterocycles. The maximum atomic E-state index is 14.7. The van der Waals surface area contributed by atoms with Crippen LogP contribution in [0.25, 0.3) is 11.3 Å². The summed E-state index contributed by atoms with van der Waals surface area (Å²) in [5.41, 5.74) is 2.40. The Morgan fingerprint density at radius 1 is 1.16 bits per heavy atom. The molecule has 0 radical (unpaired) electrons. The van der Waals surface area contributed by atoms with Gasteiger partial charge in [-0.1, -0.05) is 12.1 Å². The van der Waals surface area contributed by atoms with Crippen molar-refractivity contribution in [3.05, 3.63) is 75.7 Å². The van der Waals surface area contributed by atoms with Crippen LogP contribution in [-0.2, 0) is 13.5 Å². The van der Waals surface area contributed by atoms with Crippen molar-refractivity contribution in [3.8, 4) is 17.3 Å². The Hall–Kier alpha value is -3.18. The second kappa shape index (κ2) is 7.17. The minimum Gasteiger partial charge on any atom is -0.382 e. The molecule has 0 fully saturated rings. The lowest BCUT2D eigenvalue weighted by molar-refractivity contribution is -0.0966. The lowest BCUT2D eigenvalue weighted by atomic mass is 9.74. The molecule has 164 valence electrons. The van der Waals surface area contributed by atoms with Crippen molar-refractivity contribution in [2.24, 2.45) is 7.05 Å². The third-order valence-corrected chi connectivity index (χ3v) is 6.64. The van der Waals surface area contributed by atoms with Crippen LogP contribution in [0.3, 0.4) is 0 Å². The maximum absolute atomic E-state index is 14.7. The Labute approximate surface area is 181 Å². The van der Waals surface area contributed by atoms with Crippen LogP contribution in [0.4, 0.5) is 17.6 Å². The van der Waals surface area contributed by atoms with E-state index < -0.39 is 36.4 Å². The smallest absolute Gasteiger partial charge is 0.281 e. The number of rotatable bonds is 2. The lowest BCUT2D eigenvalue weighted by Crippen LogP contribution is -2.22. The molecular weight excluding hydrogens is 422 g/mol. The summed E-state index contributed by atoms with van der Waals surface area (Å²) in [7, 11) is 1.68. The number of aryl methyl sites for hydroxylation is 1. The molecule has 5 rings (SSSR count). The first-order chi connectivity index (χ1) is 15.2. The number of alkyl halides is 3. The second-order valence-electron chi connectivity index (χ2n) is 8.44. The highest BCUT2D eigenvalue weighted by molar-refractivity contribution is 5.70. The number of nitrogens with zero attached hydrogens (tertiary/aromatic N) is 3. The van der Waals surface area contributed by atoms with E-state index in [4.69, 9.17) is 0 Å². The average Bonchev–Trinajstić information content (AvgIpc) is 3.28. The zero-order valence-electron chi connectivity index (χ0n) is 17.1. The zero-order valence-corrected chi connectivity index (χ0v) is 17.1. The van der Waals surface area contributed by atoms with Gasteiger partial charge in [0.15, 0.2) is 0 Å². The Balaban J connectivity index is 1.75. The van der Waals surface area contributed by atoms with Crippen LogP contribution >= 0.6 is 0 Å². The van der Waals surface area contributed by atoms with Crippen LogP contribution in [0.5, 0.6) is 0 Å². The Morgan fingerprint density at radius 2 is 1.94 bits per heavy atom. The maximum Gasteiger partial charge on any atom is 0.281 e. The van der Waals surface area contributed by atoms with E-state index >= 15 is 0 Å². The third-order valence-electron chi connectivity index (χ3n) is 6.64.